The fourth-order valence-corrected chi connectivity index (χ4v) is 3.58. The van der Waals surface area contributed by atoms with Crippen LogP contribution in [0.1, 0.15) is 25.8 Å². The second-order valence-electron chi connectivity index (χ2n) is 4.62. The fourth-order valence-electron chi connectivity index (χ4n) is 1.32. The third-order valence-electron chi connectivity index (χ3n) is 2.46. The molecule has 0 bridgehead atoms. The Labute approximate surface area is 118 Å². The molecule has 0 saturated heterocycles. The molecule has 2 N–H and O–H groups in total. The first-order valence-electron chi connectivity index (χ1n) is 6.21. The lowest BCUT2D eigenvalue weighted by molar-refractivity contribution is 0.128. The quantitative estimate of drug-likeness (QED) is 0.679. The van der Waals surface area contributed by atoms with E-state index >= 15 is 0 Å². The molecule has 7 heteroatoms. The lowest BCUT2D eigenvalue weighted by atomic mass is 10.1. The summed E-state index contributed by atoms with van der Waals surface area (Å²) in [6.45, 7) is 5.34. The van der Waals surface area contributed by atoms with Gasteiger partial charge in [-0.25, -0.2) is 13.1 Å². The fraction of sp³-hybridized carbons (Fsp3) is 0.667. The topological polar surface area (TPSA) is 75.6 Å². The van der Waals surface area contributed by atoms with Gasteiger partial charge in [0.15, 0.2) is 0 Å². The highest BCUT2D eigenvalue weighted by Gasteiger charge is 2.15. The zero-order chi connectivity index (χ0) is 14.3. The van der Waals surface area contributed by atoms with Gasteiger partial charge in [-0.05, 0) is 29.3 Å². The van der Waals surface area contributed by atoms with Gasteiger partial charge in [-0.3, -0.25) is 0 Å². The van der Waals surface area contributed by atoms with Crippen molar-refractivity contribution in [2.45, 2.75) is 31.1 Å². The zero-order valence-electron chi connectivity index (χ0n) is 11.3. The lowest BCUT2D eigenvalue weighted by Crippen LogP contribution is -2.27. The van der Waals surface area contributed by atoms with Crippen LogP contribution in [0.25, 0.3) is 0 Å². The van der Waals surface area contributed by atoms with Crippen molar-refractivity contribution in [1.82, 2.24) is 4.72 Å². The summed E-state index contributed by atoms with van der Waals surface area (Å²) in [5.41, 5.74) is 0.610. The summed E-state index contributed by atoms with van der Waals surface area (Å²) < 4.78 is 31.8. The Hall–Kier alpha value is -0.470. The molecule has 0 atom stereocenters. The van der Waals surface area contributed by atoms with Crippen molar-refractivity contribution in [2.75, 3.05) is 19.8 Å². The Morgan fingerprint density at radius 3 is 2.74 bits per heavy atom. The number of hydrogen-bond donors (Lipinski definition) is 2. The summed E-state index contributed by atoms with van der Waals surface area (Å²) in [5, 5.41) is 10.5. The molecule has 0 aliphatic heterocycles. The molecule has 0 aliphatic carbocycles. The Kier molecular flexibility index (Phi) is 6.95. The van der Waals surface area contributed by atoms with Crippen molar-refractivity contribution < 1.29 is 18.3 Å². The minimum atomic E-state index is -3.48. The Morgan fingerprint density at radius 2 is 2.16 bits per heavy atom. The molecule has 0 fully saturated rings. The maximum absolute atomic E-state index is 11.9. The first kappa shape index (κ1) is 16.6. The third kappa shape index (κ3) is 6.01. The van der Waals surface area contributed by atoms with Crippen molar-refractivity contribution in [3.05, 3.63) is 17.0 Å². The summed E-state index contributed by atoms with van der Waals surface area (Å²) in [6, 6.07) is 1.48. The van der Waals surface area contributed by atoms with Crippen LogP contribution in [-0.4, -0.2) is 33.3 Å². The van der Waals surface area contributed by atoms with Crippen LogP contribution in [0.3, 0.4) is 0 Å². The van der Waals surface area contributed by atoms with Crippen molar-refractivity contribution in [3.63, 3.8) is 0 Å². The minimum absolute atomic E-state index is 0.148. The maximum Gasteiger partial charge on any atom is 0.250 e. The summed E-state index contributed by atoms with van der Waals surface area (Å²) >= 11 is 1.10. The average molecular weight is 307 g/mol. The summed E-state index contributed by atoms with van der Waals surface area (Å²) in [7, 11) is -3.48. The molecule has 0 unspecified atom stereocenters. The predicted molar refractivity (Wildman–Crippen MR) is 75.7 cm³/mol. The molecule has 1 rings (SSSR count). The molecule has 19 heavy (non-hydrogen) atoms. The number of aliphatic hydroxyl groups excluding tert-OH is 1. The predicted octanol–water partition coefficient (Wildman–Crippen LogP) is 1.58. The Morgan fingerprint density at radius 1 is 1.42 bits per heavy atom. The first-order chi connectivity index (χ1) is 8.95. The van der Waals surface area contributed by atoms with Crippen molar-refractivity contribution in [2.24, 2.45) is 5.92 Å². The Balaban J connectivity index is 2.31. The minimum Gasteiger partial charge on any atom is -0.392 e. The SMILES string of the molecule is CC(C)CCOCCNS(=O)(=O)c1cc(CO)cs1. The van der Waals surface area contributed by atoms with Gasteiger partial charge in [-0.2, -0.15) is 0 Å². The summed E-state index contributed by atoms with van der Waals surface area (Å²) in [6.07, 6.45) is 0.970. The molecule has 0 aliphatic rings. The van der Waals surface area contributed by atoms with E-state index in [0.717, 1.165) is 17.8 Å². The molecule has 1 aromatic heterocycles. The van der Waals surface area contributed by atoms with Crippen LogP contribution in [0.4, 0.5) is 0 Å². The second kappa shape index (κ2) is 7.96. The van der Waals surface area contributed by atoms with Crippen molar-refractivity contribution >= 4 is 21.4 Å². The van der Waals surface area contributed by atoms with Gasteiger partial charge < -0.3 is 9.84 Å². The highest BCUT2D eigenvalue weighted by molar-refractivity contribution is 7.91. The number of rotatable bonds is 9. The van der Waals surface area contributed by atoms with Gasteiger partial charge >= 0.3 is 0 Å². The van der Waals surface area contributed by atoms with E-state index in [1.54, 1.807) is 5.38 Å². The number of sulfonamides is 1. The number of aliphatic hydroxyl groups is 1. The molecule has 0 amide bonds. The van der Waals surface area contributed by atoms with Crippen LogP contribution < -0.4 is 4.72 Å². The second-order valence-corrected chi connectivity index (χ2v) is 7.53. The van der Waals surface area contributed by atoms with Crippen molar-refractivity contribution in [3.8, 4) is 0 Å². The van der Waals surface area contributed by atoms with Crippen LogP contribution in [0.15, 0.2) is 15.7 Å². The summed E-state index contributed by atoms with van der Waals surface area (Å²) in [5.74, 6) is 0.583. The number of ether oxygens (including phenoxy) is 1. The molecule has 0 aromatic carbocycles. The lowest BCUT2D eigenvalue weighted by Gasteiger charge is -2.07. The third-order valence-corrected chi connectivity index (χ3v) is 5.40. The van der Waals surface area contributed by atoms with Crippen molar-refractivity contribution in [1.29, 1.82) is 0 Å². The van der Waals surface area contributed by atoms with Gasteiger partial charge in [0.05, 0.1) is 13.2 Å². The van der Waals surface area contributed by atoms with Crippen LogP contribution in [0.5, 0.6) is 0 Å². The molecular weight excluding hydrogens is 286 g/mol. The molecular formula is C12H21NO4S2. The van der Waals surface area contributed by atoms with Gasteiger partial charge in [-0.15, -0.1) is 11.3 Å². The van der Waals surface area contributed by atoms with Gasteiger partial charge in [0, 0.05) is 13.2 Å². The largest absolute Gasteiger partial charge is 0.392 e. The molecule has 110 valence electrons. The van der Waals surface area contributed by atoms with Gasteiger partial charge in [0.25, 0.3) is 0 Å². The molecule has 0 spiro atoms. The molecule has 1 aromatic rings. The number of nitrogens with one attached hydrogen (secondary N) is 1. The highest BCUT2D eigenvalue weighted by atomic mass is 32.2. The van der Waals surface area contributed by atoms with E-state index in [0.29, 0.717) is 24.7 Å². The van der Waals surface area contributed by atoms with Crippen LogP contribution >= 0.6 is 11.3 Å². The standard InChI is InChI=1S/C12H21NO4S2/c1-10(2)3-5-17-6-4-13-19(15,16)12-7-11(8-14)9-18-12/h7,9-10,13-14H,3-6,8H2,1-2H3. The smallest absolute Gasteiger partial charge is 0.250 e. The maximum atomic E-state index is 11.9. The average Bonchev–Trinajstić information content (AvgIpc) is 2.82. The van der Waals surface area contributed by atoms with Gasteiger partial charge in [-0.1, -0.05) is 13.8 Å². The van der Waals surface area contributed by atoms with Gasteiger partial charge in [0.2, 0.25) is 10.0 Å². The molecule has 1 heterocycles. The highest BCUT2D eigenvalue weighted by Crippen LogP contribution is 2.19. The number of hydrogen-bond acceptors (Lipinski definition) is 5. The normalized spacial score (nSPS) is 12.2. The van der Waals surface area contributed by atoms with E-state index in [1.807, 2.05) is 0 Å². The van der Waals surface area contributed by atoms with E-state index in [9.17, 15) is 8.42 Å². The molecule has 5 nitrogen and oxygen atoms in total. The molecule has 0 saturated carbocycles. The van der Waals surface area contributed by atoms with E-state index < -0.39 is 10.0 Å². The van der Waals surface area contributed by atoms with Crippen LogP contribution in [-0.2, 0) is 21.4 Å². The van der Waals surface area contributed by atoms with E-state index in [-0.39, 0.29) is 17.4 Å². The first-order valence-corrected chi connectivity index (χ1v) is 8.57. The van der Waals surface area contributed by atoms with E-state index in [4.69, 9.17) is 9.84 Å². The zero-order valence-corrected chi connectivity index (χ0v) is 12.9. The summed E-state index contributed by atoms with van der Waals surface area (Å²) in [4.78, 5) is 0. The van der Waals surface area contributed by atoms with Crippen LogP contribution in [0.2, 0.25) is 0 Å². The number of thiophene rings is 1. The van der Waals surface area contributed by atoms with Gasteiger partial charge in [0.1, 0.15) is 4.21 Å². The Bertz CT molecular complexity index is 468. The monoisotopic (exact) mass is 307 g/mol. The van der Waals surface area contributed by atoms with E-state index in [1.165, 1.54) is 6.07 Å². The molecule has 0 radical (unpaired) electrons. The van der Waals surface area contributed by atoms with Crippen LogP contribution in [0, 0.1) is 5.92 Å². The van der Waals surface area contributed by atoms with E-state index in [2.05, 4.69) is 18.6 Å².